The lowest BCUT2D eigenvalue weighted by Crippen LogP contribution is -2.47. The van der Waals surface area contributed by atoms with Crippen molar-refractivity contribution in [2.24, 2.45) is 5.92 Å². The molecule has 0 spiro atoms. The second-order valence-electron chi connectivity index (χ2n) is 5.41. The first-order valence-corrected chi connectivity index (χ1v) is 7.02. The highest BCUT2D eigenvalue weighted by atomic mass is 79.9. The number of halogens is 1. The van der Waals surface area contributed by atoms with Crippen LogP contribution in [0.3, 0.4) is 0 Å². The Labute approximate surface area is 111 Å². The van der Waals surface area contributed by atoms with E-state index in [-0.39, 0.29) is 5.60 Å². The molecule has 2 atom stereocenters. The van der Waals surface area contributed by atoms with Gasteiger partial charge in [-0.15, -0.1) is 0 Å². The normalized spacial score (nSPS) is 31.0. The average molecular weight is 293 g/mol. The number of hydrogen-bond donors (Lipinski definition) is 0. The van der Waals surface area contributed by atoms with Gasteiger partial charge in [0.1, 0.15) is 11.4 Å². The molecule has 0 saturated heterocycles. The van der Waals surface area contributed by atoms with E-state index in [1.165, 1.54) is 11.1 Å². The summed E-state index contributed by atoms with van der Waals surface area (Å²) in [6, 6.07) is 6.35. The lowest BCUT2D eigenvalue weighted by Gasteiger charge is -2.45. The quantitative estimate of drug-likeness (QED) is 0.640. The molecule has 1 nitrogen and oxygen atoms in total. The van der Waals surface area contributed by atoms with Crippen LogP contribution in [0.2, 0.25) is 0 Å². The summed E-state index contributed by atoms with van der Waals surface area (Å²) in [5, 5.41) is 0. The summed E-state index contributed by atoms with van der Waals surface area (Å²) in [7, 11) is 0. The van der Waals surface area contributed by atoms with Crippen molar-refractivity contribution in [2.45, 2.75) is 38.7 Å². The first-order chi connectivity index (χ1) is 8.08. The van der Waals surface area contributed by atoms with Crippen molar-refractivity contribution >= 4 is 15.9 Å². The fourth-order valence-electron chi connectivity index (χ4n) is 3.16. The maximum absolute atomic E-state index is 6.29. The Morgan fingerprint density at radius 1 is 1.41 bits per heavy atom. The van der Waals surface area contributed by atoms with Crippen molar-refractivity contribution in [1.82, 2.24) is 0 Å². The molecule has 1 heterocycles. The highest BCUT2D eigenvalue weighted by Crippen LogP contribution is 2.45. The average Bonchev–Trinajstić information content (AvgIpc) is 2.28. The van der Waals surface area contributed by atoms with Gasteiger partial charge in [0, 0.05) is 10.4 Å². The van der Waals surface area contributed by atoms with Gasteiger partial charge in [0.2, 0.25) is 0 Å². The van der Waals surface area contributed by atoms with E-state index in [9.17, 15) is 0 Å². The summed E-state index contributed by atoms with van der Waals surface area (Å²) in [6.45, 7) is 4.51. The minimum atomic E-state index is -0.000334. The number of benzene rings is 1. The van der Waals surface area contributed by atoms with Crippen molar-refractivity contribution < 1.29 is 4.74 Å². The van der Waals surface area contributed by atoms with Gasteiger partial charge in [0.15, 0.2) is 0 Å². The summed E-state index contributed by atoms with van der Waals surface area (Å²) in [5.74, 6) is 1.61. The summed E-state index contributed by atoms with van der Waals surface area (Å²) in [4.78, 5) is 0. The molecule has 0 fully saturated rings. The minimum Gasteiger partial charge on any atom is -0.487 e. The van der Waals surface area contributed by atoms with Crippen LogP contribution in [0.4, 0.5) is 0 Å². The molecule has 0 unspecified atom stereocenters. The van der Waals surface area contributed by atoms with Gasteiger partial charge >= 0.3 is 0 Å². The van der Waals surface area contributed by atoms with Gasteiger partial charge in [-0.2, -0.15) is 0 Å². The van der Waals surface area contributed by atoms with Crippen LogP contribution in [0.5, 0.6) is 5.75 Å². The molecular formula is C15H17BrO. The third-order valence-electron chi connectivity index (χ3n) is 4.18. The van der Waals surface area contributed by atoms with Crippen LogP contribution in [0.1, 0.15) is 32.3 Å². The number of fused-ring (bicyclic) bond motifs is 2. The maximum Gasteiger partial charge on any atom is 0.123 e. The van der Waals surface area contributed by atoms with Crippen LogP contribution in [0.25, 0.3) is 0 Å². The predicted molar refractivity (Wildman–Crippen MR) is 73.4 cm³/mol. The monoisotopic (exact) mass is 292 g/mol. The van der Waals surface area contributed by atoms with Crippen LogP contribution in [0, 0.1) is 5.92 Å². The Balaban J connectivity index is 2.05. The molecule has 0 N–H and O–H groups in total. The molecule has 0 saturated carbocycles. The molecule has 0 radical (unpaired) electrons. The standard InChI is InChI=1S/C15H17BrO/c1-10-4-3-7-15(2)13(10)9-11-8-12(16)5-6-14(11)17-15/h4-6,8,13H,3,7,9H2,1-2H3/t13-,15-/m0/s1. The fraction of sp³-hybridized carbons (Fsp3) is 0.467. The zero-order valence-corrected chi connectivity index (χ0v) is 11.9. The molecule has 1 aliphatic heterocycles. The molecule has 2 heteroatoms. The zero-order chi connectivity index (χ0) is 12.0. The van der Waals surface area contributed by atoms with E-state index in [0.717, 1.165) is 29.5 Å². The van der Waals surface area contributed by atoms with Crippen LogP contribution in [-0.2, 0) is 6.42 Å². The third kappa shape index (κ3) is 1.83. The van der Waals surface area contributed by atoms with Gasteiger partial charge in [-0.25, -0.2) is 0 Å². The van der Waals surface area contributed by atoms with Crippen molar-refractivity contribution in [3.05, 3.63) is 39.9 Å². The van der Waals surface area contributed by atoms with Crippen molar-refractivity contribution in [2.75, 3.05) is 0 Å². The molecule has 90 valence electrons. The van der Waals surface area contributed by atoms with Crippen LogP contribution in [-0.4, -0.2) is 5.60 Å². The van der Waals surface area contributed by atoms with E-state index >= 15 is 0 Å². The van der Waals surface area contributed by atoms with Gasteiger partial charge in [-0.05, 0) is 56.9 Å². The van der Waals surface area contributed by atoms with Crippen molar-refractivity contribution in [1.29, 1.82) is 0 Å². The lowest BCUT2D eigenvalue weighted by molar-refractivity contribution is 0.0122. The number of hydrogen-bond acceptors (Lipinski definition) is 1. The van der Waals surface area contributed by atoms with Gasteiger partial charge in [-0.3, -0.25) is 0 Å². The van der Waals surface area contributed by atoms with Crippen molar-refractivity contribution in [3.8, 4) is 5.75 Å². The molecule has 1 aromatic rings. The van der Waals surface area contributed by atoms with E-state index in [0.29, 0.717) is 5.92 Å². The SMILES string of the molecule is CC1=CCC[C@]2(C)Oc3ccc(Br)cc3C[C@@H]12. The lowest BCUT2D eigenvalue weighted by atomic mass is 9.71. The maximum atomic E-state index is 6.29. The Morgan fingerprint density at radius 2 is 2.24 bits per heavy atom. The molecule has 2 aliphatic rings. The van der Waals surface area contributed by atoms with Crippen LogP contribution < -0.4 is 4.74 Å². The summed E-state index contributed by atoms with van der Waals surface area (Å²) >= 11 is 3.54. The number of rotatable bonds is 0. The van der Waals surface area contributed by atoms with Crippen LogP contribution in [0.15, 0.2) is 34.3 Å². The Morgan fingerprint density at radius 3 is 3.06 bits per heavy atom. The predicted octanol–water partition coefficient (Wildman–Crippen LogP) is 4.50. The zero-order valence-electron chi connectivity index (χ0n) is 10.3. The second-order valence-corrected chi connectivity index (χ2v) is 6.33. The first kappa shape index (κ1) is 11.3. The Bertz CT molecular complexity index is 492. The smallest absolute Gasteiger partial charge is 0.123 e. The van der Waals surface area contributed by atoms with E-state index in [4.69, 9.17) is 4.74 Å². The van der Waals surface area contributed by atoms with Crippen LogP contribution >= 0.6 is 15.9 Å². The largest absolute Gasteiger partial charge is 0.487 e. The first-order valence-electron chi connectivity index (χ1n) is 6.22. The van der Waals surface area contributed by atoms with E-state index in [2.05, 4.69) is 54.1 Å². The summed E-state index contributed by atoms with van der Waals surface area (Å²) in [6.07, 6.45) is 5.75. The number of allylic oxidation sites excluding steroid dienone is 1. The summed E-state index contributed by atoms with van der Waals surface area (Å²) in [5.41, 5.74) is 2.82. The van der Waals surface area contributed by atoms with E-state index in [1.807, 2.05) is 0 Å². The van der Waals surface area contributed by atoms with Gasteiger partial charge in [0.05, 0.1) is 0 Å². The minimum absolute atomic E-state index is 0.000334. The summed E-state index contributed by atoms with van der Waals surface area (Å²) < 4.78 is 7.43. The Hall–Kier alpha value is -0.760. The molecule has 0 aromatic heterocycles. The second kappa shape index (κ2) is 3.88. The van der Waals surface area contributed by atoms with E-state index in [1.54, 1.807) is 0 Å². The highest BCUT2D eigenvalue weighted by Gasteiger charge is 2.42. The highest BCUT2D eigenvalue weighted by molar-refractivity contribution is 9.10. The molecule has 3 rings (SSSR count). The molecule has 0 bridgehead atoms. The Kier molecular flexibility index (Phi) is 2.58. The molecule has 17 heavy (non-hydrogen) atoms. The topological polar surface area (TPSA) is 9.23 Å². The van der Waals surface area contributed by atoms with Gasteiger partial charge in [-0.1, -0.05) is 27.6 Å². The molecule has 0 amide bonds. The van der Waals surface area contributed by atoms with Gasteiger partial charge < -0.3 is 4.74 Å². The molecular weight excluding hydrogens is 276 g/mol. The van der Waals surface area contributed by atoms with E-state index < -0.39 is 0 Å². The fourth-order valence-corrected chi connectivity index (χ4v) is 3.57. The molecule has 1 aliphatic carbocycles. The third-order valence-corrected chi connectivity index (χ3v) is 4.68. The van der Waals surface area contributed by atoms with Crippen molar-refractivity contribution in [3.63, 3.8) is 0 Å². The molecule has 1 aromatic carbocycles. The van der Waals surface area contributed by atoms with Gasteiger partial charge in [0.25, 0.3) is 0 Å². The number of ether oxygens (including phenoxy) is 1.